The second kappa shape index (κ2) is 3.81. The van der Waals surface area contributed by atoms with Crippen molar-refractivity contribution in [3.8, 4) is 0 Å². The molecule has 0 bridgehead atoms. The third kappa shape index (κ3) is 1.68. The zero-order valence-electron chi connectivity index (χ0n) is 11.4. The minimum absolute atomic E-state index is 0.00728. The van der Waals surface area contributed by atoms with E-state index < -0.39 is 6.10 Å². The molecule has 0 spiro atoms. The van der Waals surface area contributed by atoms with Crippen LogP contribution in [0.3, 0.4) is 0 Å². The largest absolute Gasteiger partial charge is 0.396 e. The zero-order valence-corrected chi connectivity index (χ0v) is 11.4. The molecule has 0 aromatic heterocycles. The van der Waals surface area contributed by atoms with Gasteiger partial charge in [0, 0.05) is 6.61 Å². The average molecular weight is 252 g/mol. The molecule has 0 radical (unpaired) electrons. The summed E-state index contributed by atoms with van der Waals surface area (Å²) in [6, 6.07) is 0. The molecule has 3 rings (SSSR count). The summed E-state index contributed by atoms with van der Waals surface area (Å²) >= 11 is 0. The fourth-order valence-electron chi connectivity index (χ4n) is 4.19. The van der Waals surface area contributed by atoms with Crippen LogP contribution in [0.2, 0.25) is 0 Å². The summed E-state index contributed by atoms with van der Waals surface area (Å²) in [5.41, 5.74) is 1.06. The van der Waals surface area contributed by atoms with Crippen molar-refractivity contribution >= 4 is 0 Å². The summed E-state index contributed by atoms with van der Waals surface area (Å²) in [7, 11) is 0. The molecule has 18 heavy (non-hydrogen) atoms. The maximum Gasteiger partial charge on any atom is 0.113 e. The summed E-state index contributed by atoms with van der Waals surface area (Å²) in [5, 5.41) is 19.8. The Labute approximate surface area is 109 Å². The molecule has 0 amide bonds. The standard InChI is InChI=1S/C15H24O3/c1-9-6-12(17)13-15(3,18-13)5-4-11-10(9)7-14(11,2)8-16/h10-13,16-17H,1,4-8H2,2-3H3/t10-,11-,12+,13-,14+,15+/m1/s1. The lowest BCUT2D eigenvalue weighted by Crippen LogP contribution is -2.49. The van der Waals surface area contributed by atoms with Crippen LogP contribution in [-0.2, 0) is 4.74 Å². The number of hydrogen-bond acceptors (Lipinski definition) is 3. The molecule has 2 N–H and O–H groups in total. The molecule has 3 aliphatic rings. The Morgan fingerprint density at radius 3 is 2.83 bits per heavy atom. The van der Waals surface area contributed by atoms with E-state index in [0.717, 1.165) is 24.8 Å². The van der Waals surface area contributed by atoms with E-state index in [1.165, 1.54) is 0 Å². The van der Waals surface area contributed by atoms with Gasteiger partial charge < -0.3 is 14.9 Å². The summed E-state index contributed by atoms with van der Waals surface area (Å²) in [5.74, 6) is 0.986. The van der Waals surface area contributed by atoms with Crippen molar-refractivity contribution in [1.29, 1.82) is 0 Å². The Morgan fingerprint density at radius 2 is 2.17 bits per heavy atom. The third-order valence-corrected chi connectivity index (χ3v) is 5.67. The van der Waals surface area contributed by atoms with Gasteiger partial charge in [-0.3, -0.25) is 0 Å². The summed E-state index contributed by atoms with van der Waals surface area (Å²) in [6.07, 6.45) is 3.32. The fourth-order valence-corrected chi connectivity index (χ4v) is 4.19. The van der Waals surface area contributed by atoms with E-state index in [2.05, 4.69) is 20.4 Å². The topological polar surface area (TPSA) is 53.0 Å². The Kier molecular flexibility index (Phi) is 2.68. The van der Waals surface area contributed by atoms with Gasteiger partial charge in [0.15, 0.2) is 0 Å². The number of aliphatic hydroxyl groups excluding tert-OH is 2. The quantitative estimate of drug-likeness (QED) is 0.553. The fraction of sp³-hybridized carbons (Fsp3) is 0.867. The van der Waals surface area contributed by atoms with Gasteiger partial charge in [-0.2, -0.15) is 0 Å². The average Bonchev–Trinajstić information content (AvgIpc) is 2.97. The van der Waals surface area contributed by atoms with Crippen molar-refractivity contribution < 1.29 is 14.9 Å². The maximum absolute atomic E-state index is 10.2. The summed E-state index contributed by atoms with van der Waals surface area (Å²) in [4.78, 5) is 0. The number of epoxide rings is 1. The van der Waals surface area contributed by atoms with Crippen LogP contribution in [-0.4, -0.2) is 34.6 Å². The van der Waals surface area contributed by atoms with E-state index in [1.54, 1.807) is 0 Å². The lowest BCUT2D eigenvalue weighted by atomic mass is 9.51. The Bertz CT molecular complexity index is 380. The molecule has 1 aliphatic heterocycles. The van der Waals surface area contributed by atoms with Gasteiger partial charge in [0.1, 0.15) is 6.10 Å². The number of hydrogen-bond donors (Lipinski definition) is 2. The van der Waals surface area contributed by atoms with Gasteiger partial charge in [0.05, 0.1) is 11.7 Å². The number of rotatable bonds is 1. The highest BCUT2D eigenvalue weighted by atomic mass is 16.6. The molecule has 1 heterocycles. The van der Waals surface area contributed by atoms with Crippen LogP contribution in [0.4, 0.5) is 0 Å². The molecule has 6 atom stereocenters. The Morgan fingerprint density at radius 1 is 1.44 bits per heavy atom. The molecule has 0 aromatic carbocycles. The van der Waals surface area contributed by atoms with Crippen molar-refractivity contribution in [1.82, 2.24) is 0 Å². The highest BCUT2D eigenvalue weighted by Gasteiger charge is 2.59. The monoisotopic (exact) mass is 252 g/mol. The predicted octanol–water partition coefficient (Wildman–Crippen LogP) is 1.88. The van der Waals surface area contributed by atoms with Crippen molar-refractivity contribution in [2.24, 2.45) is 17.3 Å². The van der Waals surface area contributed by atoms with Gasteiger partial charge in [-0.25, -0.2) is 0 Å². The molecule has 1 saturated heterocycles. The number of fused-ring (bicyclic) bond motifs is 2. The van der Waals surface area contributed by atoms with E-state index >= 15 is 0 Å². The van der Waals surface area contributed by atoms with Crippen molar-refractivity contribution in [3.05, 3.63) is 12.2 Å². The van der Waals surface area contributed by atoms with Crippen LogP contribution >= 0.6 is 0 Å². The van der Waals surface area contributed by atoms with Crippen LogP contribution in [0, 0.1) is 17.3 Å². The van der Waals surface area contributed by atoms with Crippen LogP contribution in [0.25, 0.3) is 0 Å². The smallest absolute Gasteiger partial charge is 0.113 e. The summed E-state index contributed by atoms with van der Waals surface area (Å²) < 4.78 is 5.70. The first-order chi connectivity index (χ1) is 8.39. The van der Waals surface area contributed by atoms with E-state index in [4.69, 9.17) is 4.74 Å². The molecule has 3 heteroatoms. The second-order valence-corrected chi connectivity index (χ2v) is 7.05. The molecule has 102 valence electrons. The first-order valence-corrected chi connectivity index (χ1v) is 7.04. The van der Waals surface area contributed by atoms with E-state index in [9.17, 15) is 10.2 Å². The second-order valence-electron chi connectivity index (χ2n) is 7.05. The van der Waals surface area contributed by atoms with Gasteiger partial charge in [0.2, 0.25) is 0 Å². The van der Waals surface area contributed by atoms with Gasteiger partial charge in [0.25, 0.3) is 0 Å². The number of ether oxygens (including phenoxy) is 1. The van der Waals surface area contributed by atoms with Crippen LogP contribution in [0.15, 0.2) is 12.2 Å². The lowest BCUT2D eigenvalue weighted by Gasteiger charge is -2.54. The Balaban J connectivity index is 1.81. The third-order valence-electron chi connectivity index (χ3n) is 5.67. The van der Waals surface area contributed by atoms with Gasteiger partial charge in [-0.05, 0) is 49.9 Å². The molecule has 2 aliphatic carbocycles. The molecule has 0 unspecified atom stereocenters. The maximum atomic E-state index is 10.2. The molecule has 0 aromatic rings. The molecule has 3 fully saturated rings. The van der Waals surface area contributed by atoms with Gasteiger partial charge in [-0.15, -0.1) is 0 Å². The highest BCUT2D eigenvalue weighted by Crippen LogP contribution is 2.59. The molecule has 3 nitrogen and oxygen atoms in total. The van der Waals surface area contributed by atoms with Crippen LogP contribution in [0.5, 0.6) is 0 Å². The van der Waals surface area contributed by atoms with Crippen molar-refractivity contribution in [2.75, 3.05) is 6.61 Å². The lowest BCUT2D eigenvalue weighted by molar-refractivity contribution is -0.0615. The van der Waals surface area contributed by atoms with Gasteiger partial charge >= 0.3 is 0 Å². The zero-order chi connectivity index (χ0) is 13.1. The first kappa shape index (κ1) is 12.6. The predicted molar refractivity (Wildman–Crippen MR) is 69.1 cm³/mol. The van der Waals surface area contributed by atoms with Crippen LogP contribution < -0.4 is 0 Å². The molecular formula is C15H24O3. The molecular weight excluding hydrogens is 228 g/mol. The summed E-state index contributed by atoms with van der Waals surface area (Å²) in [6.45, 7) is 8.69. The highest BCUT2D eigenvalue weighted by molar-refractivity contribution is 5.19. The Hall–Kier alpha value is -0.380. The minimum Gasteiger partial charge on any atom is -0.396 e. The number of aliphatic hydroxyl groups is 2. The molecule has 2 saturated carbocycles. The van der Waals surface area contributed by atoms with E-state index in [-0.39, 0.29) is 23.7 Å². The van der Waals surface area contributed by atoms with Crippen LogP contribution in [0.1, 0.15) is 39.5 Å². The van der Waals surface area contributed by atoms with E-state index in [0.29, 0.717) is 18.3 Å². The SMILES string of the molecule is C=C1C[C@H](O)[C@H]2O[C@@]2(C)CC[C@@H]2[C@@H]1C[C@@]2(C)CO. The van der Waals surface area contributed by atoms with Crippen molar-refractivity contribution in [2.45, 2.75) is 57.3 Å². The van der Waals surface area contributed by atoms with E-state index in [1.807, 2.05) is 0 Å². The normalized spacial score (nSPS) is 55.4. The first-order valence-electron chi connectivity index (χ1n) is 7.04. The van der Waals surface area contributed by atoms with Gasteiger partial charge in [-0.1, -0.05) is 19.1 Å². The van der Waals surface area contributed by atoms with Crippen molar-refractivity contribution in [3.63, 3.8) is 0 Å². The minimum atomic E-state index is -0.401.